The lowest BCUT2D eigenvalue weighted by atomic mass is 10.00. The molecule has 0 saturated carbocycles. The van der Waals surface area contributed by atoms with Crippen LogP contribution in [0.5, 0.6) is 0 Å². The third-order valence-corrected chi connectivity index (χ3v) is 5.87. The van der Waals surface area contributed by atoms with E-state index in [1.807, 2.05) is 88.4 Å². The van der Waals surface area contributed by atoms with Gasteiger partial charge >= 0.3 is 11.9 Å². The van der Waals surface area contributed by atoms with Gasteiger partial charge in [-0.1, -0.05) is 74.5 Å². The van der Waals surface area contributed by atoms with Crippen LogP contribution in [0.4, 0.5) is 0 Å². The summed E-state index contributed by atoms with van der Waals surface area (Å²) in [7, 11) is 0. The molecule has 0 fully saturated rings. The fourth-order valence-electron chi connectivity index (χ4n) is 3.51. The summed E-state index contributed by atoms with van der Waals surface area (Å²) in [5.41, 5.74) is 6.55. The first-order valence-electron chi connectivity index (χ1n) is 12.8. The number of benzene rings is 2. The number of hydrogen-bond acceptors (Lipinski definition) is 8. The number of hydrogen-bond donors (Lipinski definition) is 6. The lowest BCUT2D eigenvalue weighted by Gasteiger charge is -2.21. The van der Waals surface area contributed by atoms with Crippen LogP contribution in [0.25, 0.3) is 0 Å². The van der Waals surface area contributed by atoms with E-state index < -0.39 is 11.9 Å². The second-order valence-corrected chi connectivity index (χ2v) is 8.66. The number of ether oxygens (including phenoxy) is 2. The Balaban J connectivity index is 0.000000634. The topological polar surface area (TPSA) is 203 Å². The van der Waals surface area contributed by atoms with E-state index in [1.165, 1.54) is 0 Å². The number of amides is 2. The molecule has 0 aliphatic rings. The maximum atomic E-state index is 11.5. The number of carbonyl (C=O) groups excluding carboxylic acids is 2. The maximum Gasteiger partial charge on any atom is 0.414 e. The molecule has 2 aromatic rings. The summed E-state index contributed by atoms with van der Waals surface area (Å²) in [6.07, 6.45) is 1.12. The van der Waals surface area contributed by atoms with Gasteiger partial charge in [0, 0.05) is 0 Å². The molecule has 8 N–H and O–H groups in total. The van der Waals surface area contributed by atoms with Crippen LogP contribution >= 0.6 is 0 Å². The molecule has 2 aromatic carbocycles. The largest absolute Gasteiger partial charge is 0.473 e. The molecule has 0 unspecified atom stereocenters. The Morgan fingerprint density at radius 1 is 0.675 bits per heavy atom. The molecule has 0 spiro atoms. The Labute approximate surface area is 235 Å². The summed E-state index contributed by atoms with van der Waals surface area (Å²) >= 11 is 0. The number of aliphatic carboxylic acids is 2. The highest BCUT2D eigenvalue weighted by molar-refractivity contribution is 6.27. The summed E-state index contributed by atoms with van der Waals surface area (Å²) in [4.78, 5) is 41.2. The summed E-state index contributed by atoms with van der Waals surface area (Å²) in [5, 5.41) is 14.8. The molecule has 0 radical (unpaired) electrons. The number of carboxylic acids is 2. The van der Waals surface area contributed by atoms with Crippen LogP contribution in [0.3, 0.4) is 0 Å². The van der Waals surface area contributed by atoms with Crippen molar-refractivity contribution in [2.24, 2.45) is 23.5 Å². The van der Waals surface area contributed by atoms with Crippen molar-refractivity contribution in [3.05, 3.63) is 71.8 Å². The zero-order valence-electron chi connectivity index (χ0n) is 23.4. The van der Waals surface area contributed by atoms with Gasteiger partial charge in [0.1, 0.15) is 0 Å². The van der Waals surface area contributed by atoms with Crippen LogP contribution in [-0.2, 0) is 41.9 Å². The van der Waals surface area contributed by atoms with Gasteiger partial charge in [0.05, 0.1) is 37.3 Å². The smallest absolute Gasteiger partial charge is 0.414 e. The van der Waals surface area contributed by atoms with E-state index in [2.05, 4.69) is 10.9 Å². The predicted octanol–water partition coefficient (Wildman–Crippen LogP) is 2.37. The fraction of sp³-hybridized carbons (Fsp3) is 0.429. The van der Waals surface area contributed by atoms with Gasteiger partial charge in [-0.05, 0) is 37.8 Å². The Morgan fingerprint density at radius 3 is 1.20 bits per heavy atom. The van der Waals surface area contributed by atoms with Crippen LogP contribution in [0.1, 0.15) is 51.7 Å². The summed E-state index contributed by atoms with van der Waals surface area (Å²) in [5.74, 6) is 5.87. The second-order valence-electron chi connectivity index (χ2n) is 8.66. The van der Waals surface area contributed by atoms with Crippen LogP contribution in [0.2, 0.25) is 0 Å². The summed E-state index contributed by atoms with van der Waals surface area (Å²) < 4.78 is 11.4. The SMILES string of the molecule is CC[C@H](C(=O)NN)[C@H](C)OCc1ccccc1.CC[C@H](C(=O)NN)[C@H](C)OCc1ccccc1.O=C(O)C(=O)O. The van der Waals surface area contributed by atoms with E-state index in [0.29, 0.717) is 26.1 Å². The molecule has 12 heteroatoms. The third-order valence-electron chi connectivity index (χ3n) is 5.87. The van der Waals surface area contributed by atoms with E-state index >= 15 is 0 Å². The number of nitrogens with one attached hydrogen (secondary N) is 2. The molecule has 2 amide bonds. The fourth-order valence-corrected chi connectivity index (χ4v) is 3.51. The van der Waals surface area contributed by atoms with Gasteiger partial charge in [0.25, 0.3) is 0 Å². The number of nitrogens with two attached hydrogens (primary N) is 2. The van der Waals surface area contributed by atoms with E-state index in [-0.39, 0.29) is 35.9 Å². The van der Waals surface area contributed by atoms with Crippen molar-refractivity contribution in [2.75, 3.05) is 0 Å². The zero-order chi connectivity index (χ0) is 30.5. The van der Waals surface area contributed by atoms with Crippen LogP contribution < -0.4 is 22.5 Å². The molecule has 222 valence electrons. The molecule has 0 bridgehead atoms. The quantitative estimate of drug-likeness (QED) is 0.0964. The molecule has 4 atom stereocenters. The molecule has 2 rings (SSSR count). The Hall–Kier alpha value is -3.84. The van der Waals surface area contributed by atoms with Crippen molar-refractivity contribution >= 4 is 23.8 Å². The summed E-state index contributed by atoms with van der Waals surface area (Å²) in [6, 6.07) is 19.8. The molecule has 12 nitrogen and oxygen atoms in total. The second kappa shape index (κ2) is 21.0. The van der Waals surface area contributed by atoms with Gasteiger partial charge in [0.15, 0.2) is 0 Å². The Bertz CT molecular complexity index is 926. The first-order valence-corrected chi connectivity index (χ1v) is 12.8. The average Bonchev–Trinajstić information content (AvgIpc) is 2.97. The number of carboxylic acid groups (broad SMARTS) is 2. The molecule has 0 heterocycles. The monoisotopic (exact) mass is 562 g/mol. The minimum absolute atomic E-state index is 0.149. The van der Waals surface area contributed by atoms with E-state index in [9.17, 15) is 9.59 Å². The number of hydrazine groups is 2. The van der Waals surface area contributed by atoms with Gasteiger partial charge in [-0.25, -0.2) is 21.3 Å². The molecular weight excluding hydrogens is 520 g/mol. The highest BCUT2D eigenvalue weighted by Crippen LogP contribution is 2.15. The third kappa shape index (κ3) is 14.9. The van der Waals surface area contributed by atoms with Crippen LogP contribution in [0.15, 0.2) is 60.7 Å². The first-order chi connectivity index (χ1) is 19.0. The van der Waals surface area contributed by atoms with E-state index in [4.69, 9.17) is 41.0 Å². The first kappa shape index (κ1) is 36.2. The number of rotatable bonds is 12. The van der Waals surface area contributed by atoms with Crippen molar-refractivity contribution in [3.8, 4) is 0 Å². The van der Waals surface area contributed by atoms with Crippen molar-refractivity contribution in [1.29, 1.82) is 0 Å². The van der Waals surface area contributed by atoms with E-state index in [1.54, 1.807) is 0 Å². The maximum absolute atomic E-state index is 11.5. The number of carbonyl (C=O) groups is 4. The van der Waals surface area contributed by atoms with E-state index in [0.717, 1.165) is 11.1 Å². The molecule has 0 aliphatic carbocycles. The van der Waals surface area contributed by atoms with Gasteiger partial charge in [-0.2, -0.15) is 0 Å². The minimum atomic E-state index is -1.82. The van der Waals surface area contributed by atoms with Gasteiger partial charge in [0.2, 0.25) is 11.8 Å². The molecule has 0 aliphatic heterocycles. The highest BCUT2D eigenvalue weighted by atomic mass is 16.5. The lowest BCUT2D eigenvalue weighted by molar-refractivity contribution is -0.159. The molecule has 0 saturated heterocycles. The van der Waals surface area contributed by atoms with Crippen LogP contribution in [0, 0.1) is 11.8 Å². The van der Waals surface area contributed by atoms with Gasteiger partial charge in [-0.15, -0.1) is 0 Å². The Kier molecular flexibility index (Phi) is 19.0. The standard InChI is InChI=1S/2C13H20N2O2.C2H2O4/c2*1-3-12(13(16)15-14)10(2)17-9-11-7-5-4-6-8-11;3-1(4)2(5)6/h2*4-8,10,12H,3,9,14H2,1-2H3,(H,15,16);(H,3,4)(H,5,6)/t2*10-,12-;/m00./s1. The predicted molar refractivity (Wildman–Crippen MR) is 149 cm³/mol. The minimum Gasteiger partial charge on any atom is -0.473 e. The highest BCUT2D eigenvalue weighted by Gasteiger charge is 2.24. The van der Waals surface area contributed by atoms with Gasteiger partial charge in [-0.3, -0.25) is 20.4 Å². The van der Waals surface area contributed by atoms with Crippen LogP contribution in [-0.4, -0.2) is 46.2 Å². The average molecular weight is 563 g/mol. The lowest BCUT2D eigenvalue weighted by Crippen LogP contribution is -2.40. The van der Waals surface area contributed by atoms with Gasteiger partial charge < -0.3 is 19.7 Å². The van der Waals surface area contributed by atoms with Crippen molar-refractivity contribution in [2.45, 2.75) is 66.0 Å². The zero-order valence-corrected chi connectivity index (χ0v) is 23.4. The van der Waals surface area contributed by atoms with Crippen molar-refractivity contribution in [3.63, 3.8) is 0 Å². The summed E-state index contributed by atoms with van der Waals surface area (Å²) in [6.45, 7) is 8.70. The molecule has 40 heavy (non-hydrogen) atoms. The van der Waals surface area contributed by atoms with Crippen molar-refractivity contribution in [1.82, 2.24) is 10.9 Å². The molecule has 0 aromatic heterocycles. The molecular formula is C28H42N4O8. The van der Waals surface area contributed by atoms with Crippen molar-refractivity contribution < 1.29 is 38.9 Å². The normalized spacial score (nSPS) is 13.1. The Morgan fingerprint density at radius 2 is 0.975 bits per heavy atom.